The highest BCUT2D eigenvalue weighted by atomic mass is 32.1. The van der Waals surface area contributed by atoms with Gasteiger partial charge in [0, 0.05) is 65.3 Å². The van der Waals surface area contributed by atoms with Gasteiger partial charge in [-0.1, -0.05) is 19.6 Å². The molecule has 15 heteroatoms. The van der Waals surface area contributed by atoms with Gasteiger partial charge in [0.25, 0.3) is 0 Å². The molecule has 0 fully saturated rings. The molecule has 0 spiro atoms. The standard InChI is InChI=1S/C47H58O14S/c1-5-37(48)12-8-7-9-25-55-30-34(28-38(49)23-27-57-45(50)6-2)31-58-39-17-13-35(14-18-39)46(51)60-41-21-22-43(44(62)29-41)61-47(52)36-15-19-40(20-16-36)59-33-42(54-4)32-56-26-11-10-24-53-3/h5-6,13-22,29,34,42,62H,1-2,7-12,23-28,30-33H2,3-4H3. The Bertz CT molecular complexity index is 1860. The van der Waals surface area contributed by atoms with Crippen molar-refractivity contribution in [2.75, 3.05) is 67.1 Å². The second-order valence-corrected chi connectivity index (χ2v) is 14.5. The van der Waals surface area contributed by atoms with Crippen molar-refractivity contribution in [3.05, 3.63) is 103 Å². The molecule has 0 aliphatic rings. The van der Waals surface area contributed by atoms with E-state index >= 15 is 0 Å². The van der Waals surface area contributed by atoms with Crippen molar-refractivity contribution in [1.29, 1.82) is 0 Å². The number of Topliss-reactive ketones (excluding diaryl/α,β-unsaturated/α-hetero) is 1. The van der Waals surface area contributed by atoms with Crippen LogP contribution >= 0.6 is 12.6 Å². The van der Waals surface area contributed by atoms with Crippen LogP contribution in [-0.4, -0.2) is 103 Å². The summed E-state index contributed by atoms with van der Waals surface area (Å²) in [5.41, 5.74) is 0.540. The van der Waals surface area contributed by atoms with Gasteiger partial charge in [0.05, 0.1) is 42.4 Å². The molecular weight excluding hydrogens is 821 g/mol. The number of allylic oxidation sites excluding steroid dienone is 1. The fourth-order valence-corrected chi connectivity index (χ4v) is 5.79. The number of methoxy groups -OCH3 is 2. The lowest BCUT2D eigenvalue weighted by molar-refractivity contribution is -0.138. The number of unbranched alkanes of at least 4 members (excludes halogenated alkanes) is 3. The third-order valence-corrected chi connectivity index (χ3v) is 9.42. The molecule has 0 saturated carbocycles. The molecule has 3 aromatic carbocycles. The summed E-state index contributed by atoms with van der Waals surface area (Å²) in [5.74, 6) is -0.893. The van der Waals surface area contributed by atoms with Crippen LogP contribution in [0.3, 0.4) is 0 Å². The molecule has 3 aromatic rings. The summed E-state index contributed by atoms with van der Waals surface area (Å²) < 4.78 is 49.8. The number of ether oxygens (including phenoxy) is 9. The van der Waals surface area contributed by atoms with E-state index < -0.39 is 17.9 Å². The minimum atomic E-state index is -0.637. The normalized spacial score (nSPS) is 11.8. The molecule has 0 amide bonds. The van der Waals surface area contributed by atoms with Crippen LogP contribution in [0.5, 0.6) is 23.0 Å². The lowest BCUT2D eigenvalue weighted by Gasteiger charge is -2.18. The van der Waals surface area contributed by atoms with Gasteiger partial charge in [-0.3, -0.25) is 9.59 Å². The quantitative estimate of drug-likeness (QED) is 0.0208. The van der Waals surface area contributed by atoms with Gasteiger partial charge in [0.15, 0.2) is 5.78 Å². The molecule has 14 nitrogen and oxygen atoms in total. The molecule has 0 N–H and O–H groups in total. The highest BCUT2D eigenvalue weighted by Gasteiger charge is 2.18. The number of thiol groups is 1. The first-order valence-electron chi connectivity index (χ1n) is 20.4. The first kappa shape index (κ1) is 51.0. The van der Waals surface area contributed by atoms with Crippen LogP contribution in [0.2, 0.25) is 0 Å². The average molecular weight is 879 g/mol. The maximum absolute atomic E-state index is 13.0. The molecule has 0 aliphatic carbocycles. The Morgan fingerprint density at radius 2 is 1.23 bits per heavy atom. The van der Waals surface area contributed by atoms with Crippen LogP contribution in [0.15, 0.2) is 96.9 Å². The zero-order chi connectivity index (χ0) is 45.0. The topological polar surface area (TPSA) is 168 Å². The van der Waals surface area contributed by atoms with Crippen LogP contribution in [0.25, 0.3) is 0 Å². The van der Waals surface area contributed by atoms with Crippen LogP contribution in [0.1, 0.15) is 72.1 Å². The molecule has 3 rings (SSSR count). The van der Waals surface area contributed by atoms with Gasteiger partial charge in [-0.05, 0) is 98.5 Å². The number of esters is 3. The molecule has 0 bridgehead atoms. The van der Waals surface area contributed by atoms with Crippen molar-refractivity contribution in [3.8, 4) is 23.0 Å². The van der Waals surface area contributed by atoms with Gasteiger partial charge in [-0.15, -0.1) is 12.6 Å². The first-order chi connectivity index (χ1) is 30.0. The number of ketones is 2. The fraction of sp³-hybridized carbons (Fsp3) is 0.426. The minimum absolute atomic E-state index is 0.0102. The van der Waals surface area contributed by atoms with E-state index in [1.165, 1.54) is 24.3 Å². The number of carbonyl (C=O) groups excluding carboxylic acids is 5. The predicted molar refractivity (Wildman–Crippen MR) is 234 cm³/mol. The molecule has 0 aliphatic heterocycles. The summed E-state index contributed by atoms with van der Waals surface area (Å²) in [4.78, 5) is 61.6. The summed E-state index contributed by atoms with van der Waals surface area (Å²) in [5, 5.41) is 0. The van der Waals surface area contributed by atoms with Crippen molar-refractivity contribution in [1.82, 2.24) is 0 Å². The summed E-state index contributed by atoms with van der Waals surface area (Å²) in [7, 11) is 3.26. The van der Waals surface area contributed by atoms with Gasteiger partial charge in [0.2, 0.25) is 0 Å². The molecule has 62 heavy (non-hydrogen) atoms. The third kappa shape index (κ3) is 20.5. The fourth-order valence-electron chi connectivity index (χ4n) is 5.55. The second-order valence-electron chi connectivity index (χ2n) is 14.0. The number of hydrogen-bond acceptors (Lipinski definition) is 15. The van der Waals surface area contributed by atoms with Crippen LogP contribution < -0.4 is 18.9 Å². The van der Waals surface area contributed by atoms with Gasteiger partial charge in [-0.2, -0.15) is 0 Å². The second kappa shape index (κ2) is 29.9. The number of rotatable bonds is 33. The Morgan fingerprint density at radius 1 is 0.629 bits per heavy atom. The molecule has 0 heterocycles. The van der Waals surface area contributed by atoms with E-state index in [4.69, 9.17) is 42.6 Å². The van der Waals surface area contributed by atoms with Gasteiger partial charge in [-0.25, -0.2) is 14.4 Å². The summed E-state index contributed by atoms with van der Waals surface area (Å²) >= 11 is 4.43. The Kier molecular flexibility index (Phi) is 24.6. The Labute approximate surface area is 369 Å². The highest BCUT2D eigenvalue weighted by Crippen LogP contribution is 2.29. The molecule has 0 radical (unpaired) electrons. The number of carbonyl (C=O) groups is 5. The van der Waals surface area contributed by atoms with Crippen molar-refractivity contribution >= 4 is 42.1 Å². The van der Waals surface area contributed by atoms with E-state index in [1.54, 1.807) is 62.8 Å². The predicted octanol–water partition coefficient (Wildman–Crippen LogP) is 7.66. The van der Waals surface area contributed by atoms with Crippen LogP contribution in [0, 0.1) is 5.92 Å². The third-order valence-electron chi connectivity index (χ3n) is 9.07. The van der Waals surface area contributed by atoms with E-state index in [1.807, 2.05) is 0 Å². The molecule has 336 valence electrons. The summed E-state index contributed by atoms with van der Waals surface area (Å²) in [6.07, 6.45) is 6.86. The molecule has 0 aromatic heterocycles. The Balaban J connectivity index is 1.47. The molecule has 2 atom stereocenters. The van der Waals surface area contributed by atoms with Gasteiger partial charge >= 0.3 is 17.9 Å². The number of benzene rings is 3. The van der Waals surface area contributed by atoms with E-state index in [-0.39, 0.29) is 84.8 Å². The zero-order valence-electron chi connectivity index (χ0n) is 35.6. The van der Waals surface area contributed by atoms with Crippen molar-refractivity contribution in [2.24, 2.45) is 5.92 Å². The van der Waals surface area contributed by atoms with E-state index in [0.717, 1.165) is 38.2 Å². The Morgan fingerprint density at radius 3 is 1.84 bits per heavy atom. The summed E-state index contributed by atoms with van der Waals surface area (Å²) in [6.45, 7) is 9.60. The van der Waals surface area contributed by atoms with Crippen LogP contribution in [0.4, 0.5) is 0 Å². The molecule has 0 saturated heterocycles. The van der Waals surface area contributed by atoms with Crippen molar-refractivity contribution in [3.63, 3.8) is 0 Å². The molecular formula is C47H58O14S. The lowest BCUT2D eigenvalue weighted by Crippen LogP contribution is -2.26. The maximum Gasteiger partial charge on any atom is 0.343 e. The van der Waals surface area contributed by atoms with Crippen molar-refractivity contribution in [2.45, 2.75) is 62.4 Å². The van der Waals surface area contributed by atoms with E-state index in [0.29, 0.717) is 49.9 Å². The molecule has 2 unspecified atom stereocenters. The zero-order valence-corrected chi connectivity index (χ0v) is 36.4. The van der Waals surface area contributed by atoms with E-state index in [9.17, 15) is 24.0 Å². The average Bonchev–Trinajstić information content (AvgIpc) is 3.28. The maximum atomic E-state index is 13.0. The van der Waals surface area contributed by atoms with E-state index in [2.05, 4.69) is 25.8 Å². The SMILES string of the molecule is C=CC(=O)CCCCCOCC(COc1ccc(C(=O)Oc2ccc(OC(=O)c3ccc(OCC(COCCCCOC)OC)cc3)c(S)c2)cc1)CC(=O)CCOC(=O)C=C. The number of hydrogen-bond donors (Lipinski definition) is 1. The smallest absolute Gasteiger partial charge is 0.343 e. The van der Waals surface area contributed by atoms with Crippen LogP contribution in [-0.2, 0) is 38.1 Å². The van der Waals surface area contributed by atoms with Gasteiger partial charge < -0.3 is 42.6 Å². The highest BCUT2D eigenvalue weighted by molar-refractivity contribution is 7.80. The Hall–Kier alpha value is -5.32. The van der Waals surface area contributed by atoms with Gasteiger partial charge in [0.1, 0.15) is 41.5 Å². The monoisotopic (exact) mass is 878 g/mol. The van der Waals surface area contributed by atoms with Crippen molar-refractivity contribution < 1.29 is 66.6 Å². The minimum Gasteiger partial charge on any atom is -0.493 e. The first-order valence-corrected chi connectivity index (χ1v) is 20.9. The largest absolute Gasteiger partial charge is 0.493 e. The summed E-state index contributed by atoms with van der Waals surface area (Å²) in [6, 6.07) is 17.2. The lowest BCUT2D eigenvalue weighted by atomic mass is 10.0.